The molecule has 0 atom stereocenters. The van der Waals surface area contributed by atoms with Gasteiger partial charge in [0.2, 0.25) is 0 Å². The van der Waals surface area contributed by atoms with Crippen LogP contribution in [0.2, 0.25) is 0 Å². The normalized spacial score (nSPS) is 15.0. The van der Waals surface area contributed by atoms with Crippen LogP contribution in [0.5, 0.6) is 11.5 Å². The molecule has 3 rings (SSSR count). The Morgan fingerprint density at radius 1 is 1.26 bits per heavy atom. The lowest BCUT2D eigenvalue weighted by atomic mass is 10.1. The maximum Gasteiger partial charge on any atom is 0.191 e. The molecule has 2 aromatic rings. The maximum atomic E-state index is 6.29. The third kappa shape index (κ3) is 5.39. The van der Waals surface area contributed by atoms with Crippen LogP contribution in [0.4, 0.5) is 0 Å². The summed E-state index contributed by atoms with van der Waals surface area (Å²) in [6.07, 6.45) is 8.71. The zero-order chi connectivity index (χ0) is 18.9. The second kappa shape index (κ2) is 9.85. The van der Waals surface area contributed by atoms with Crippen molar-refractivity contribution in [3.8, 4) is 11.5 Å². The third-order valence-electron chi connectivity index (χ3n) is 4.73. The summed E-state index contributed by atoms with van der Waals surface area (Å²) in [5.41, 5.74) is 1.07. The molecule has 0 unspecified atom stereocenters. The lowest BCUT2D eigenvalue weighted by Crippen LogP contribution is -2.38. The number of para-hydroxylation sites is 1. The molecule has 0 radical (unpaired) electrons. The Morgan fingerprint density at radius 3 is 2.81 bits per heavy atom. The van der Waals surface area contributed by atoms with E-state index in [-0.39, 0.29) is 6.10 Å². The highest BCUT2D eigenvalue weighted by Gasteiger charge is 2.20. The molecule has 1 fully saturated rings. The number of hydrogen-bond acceptors (Lipinski definition) is 4. The fourth-order valence-electron chi connectivity index (χ4n) is 3.29. The molecule has 0 bridgehead atoms. The van der Waals surface area contributed by atoms with Crippen molar-refractivity contribution in [2.75, 3.05) is 20.7 Å². The number of aliphatic imine (C=N–C) groups is 1. The topological polar surface area (TPSA) is 72.7 Å². The van der Waals surface area contributed by atoms with E-state index in [4.69, 9.17) is 9.47 Å². The van der Waals surface area contributed by atoms with Gasteiger partial charge in [0.1, 0.15) is 0 Å². The van der Waals surface area contributed by atoms with Crippen molar-refractivity contribution in [1.82, 2.24) is 20.4 Å². The van der Waals surface area contributed by atoms with Crippen LogP contribution in [0.15, 0.2) is 41.7 Å². The van der Waals surface area contributed by atoms with Crippen molar-refractivity contribution in [2.45, 2.75) is 44.9 Å². The summed E-state index contributed by atoms with van der Waals surface area (Å²) in [6.45, 7) is 2.13. The lowest BCUT2D eigenvalue weighted by molar-refractivity contribution is 0.198. The second-order valence-electron chi connectivity index (χ2n) is 6.59. The Bertz CT molecular complexity index is 724. The molecule has 1 aromatic heterocycles. The minimum absolute atomic E-state index is 0.284. The van der Waals surface area contributed by atoms with E-state index in [1.165, 1.54) is 12.8 Å². The smallest absolute Gasteiger partial charge is 0.191 e. The van der Waals surface area contributed by atoms with E-state index in [0.717, 1.165) is 49.0 Å². The quantitative estimate of drug-likeness (QED) is 0.551. The van der Waals surface area contributed by atoms with E-state index in [1.807, 2.05) is 29.1 Å². The minimum Gasteiger partial charge on any atom is -0.493 e. The van der Waals surface area contributed by atoms with Crippen LogP contribution in [0.3, 0.4) is 0 Å². The summed E-state index contributed by atoms with van der Waals surface area (Å²) in [4.78, 5) is 4.29. The van der Waals surface area contributed by atoms with E-state index >= 15 is 0 Å². The van der Waals surface area contributed by atoms with Gasteiger partial charge in [-0.1, -0.05) is 12.1 Å². The molecule has 1 aromatic carbocycles. The van der Waals surface area contributed by atoms with Gasteiger partial charge in [0.05, 0.1) is 19.8 Å². The molecule has 0 saturated heterocycles. The molecule has 1 heterocycles. The molecule has 27 heavy (non-hydrogen) atoms. The van der Waals surface area contributed by atoms with Crippen molar-refractivity contribution in [1.29, 1.82) is 0 Å². The Balaban J connectivity index is 1.58. The molecular formula is C20H29N5O2. The highest BCUT2D eigenvalue weighted by atomic mass is 16.5. The number of hydrogen-bond donors (Lipinski definition) is 2. The Morgan fingerprint density at radius 2 is 2.11 bits per heavy atom. The molecule has 1 saturated carbocycles. The van der Waals surface area contributed by atoms with E-state index in [2.05, 4.69) is 26.8 Å². The molecule has 0 spiro atoms. The highest BCUT2D eigenvalue weighted by molar-refractivity contribution is 5.79. The fraction of sp³-hybridized carbons (Fsp3) is 0.500. The number of rotatable bonds is 8. The first-order valence-corrected chi connectivity index (χ1v) is 9.54. The highest BCUT2D eigenvalue weighted by Crippen LogP contribution is 2.34. The number of ether oxygens (including phenoxy) is 2. The zero-order valence-corrected chi connectivity index (χ0v) is 16.1. The average Bonchev–Trinajstić information content (AvgIpc) is 3.39. The van der Waals surface area contributed by atoms with E-state index < -0.39 is 0 Å². The van der Waals surface area contributed by atoms with Gasteiger partial charge in [0, 0.05) is 38.1 Å². The minimum atomic E-state index is 0.284. The maximum absolute atomic E-state index is 6.29. The van der Waals surface area contributed by atoms with Crippen molar-refractivity contribution >= 4 is 5.96 Å². The summed E-state index contributed by atoms with van der Waals surface area (Å²) in [6, 6.07) is 7.93. The summed E-state index contributed by atoms with van der Waals surface area (Å²) < 4.78 is 13.7. The molecule has 0 amide bonds. The molecule has 1 aliphatic rings. The first kappa shape index (κ1) is 19.1. The summed E-state index contributed by atoms with van der Waals surface area (Å²) in [5.74, 6) is 2.37. The van der Waals surface area contributed by atoms with Crippen LogP contribution in [0, 0.1) is 0 Å². The molecule has 2 N–H and O–H groups in total. The summed E-state index contributed by atoms with van der Waals surface area (Å²) in [7, 11) is 3.45. The first-order valence-electron chi connectivity index (χ1n) is 9.54. The third-order valence-corrected chi connectivity index (χ3v) is 4.73. The second-order valence-corrected chi connectivity index (χ2v) is 6.59. The Hall–Kier alpha value is -2.70. The van der Waals surface area contributed by atoms with Gasteiger partial charge in [0.15, 0.2) is 17.5 Å². The van der Waals surface area contributed by atoms with Crippen LogP contribution in [-0.2, 0) is 13.1 Å². The van der Waals surface area contributed by atoms with Gasteiger partial charge >= 0.3 is 0 Å². The van der Waals surface area contributed by atoms with E-state index in [9.17, 15) is 0 Å². The number of guanidine groups is 1. The standard InChI is InChI=1S/C20H29N5O2/c1-21-20(22-12-14-25-13-6-11-24-25)23-15-16-7-5-10-18(26-2)19(16)27-17-8-3-4-9-17/h5-7,10-11,13,17H,3-4,8-9,12,14-15H2,1-2H3,(H2,21,22,23). The van der Waals surface area contributed by atoms with Gasteiger partial charge in [-0.15, -0.1) is 0 Å². The average molecular weight is 371 g/mol. The fourth-order valence-corrected chi connectivity index (χ4v) is 3.29. The molecule has 146 valence electrons. The van der Waals surface area contributed by atoms with Crippen LogP contribution in [0.25, 0.3) is 0 Å². The molecular weight excluding hydrogens is 342 g/mol. The van der Waals surface area contributed by atoms with Crippen LogP contribution in [0.1, 0.15) is 31.2 Å². The lowest BCUT2D eigenvalue weighted by Gasteiger charge is -2.20. The van der Waals surface area contributed by atoms with Gasteiger partial charge in [0.25, 0.3) is 0 Å². The molecule has 1 aliphatic carbocycles. The van der Waals surface area contributed by atoms with Crippen LogP contribution < -0.4 is 20.1 Å². The van der Waals surface area contributed by atoms with Crippen molar-refractivity contribution in [3.05, 3.63) is 42.2 Å². The van der Waals surface area contributed by atoms with Crippen molar-refractivity contribution < 1.29 is 9.47 Å². The Labute approximate surface area is 160 Å². The number of aromatic nitrogens is 2. The SMILES string of the molecule is CN=C(NCCn1cccn1)NCc1cccc(OC)c1OC1CCCC1. The number of methoxy groups -OCH3 is 1. The van der Waals surface area contributed by atoms with Gasteiger partial charge < -0.3 is 20.1 Å². The van der Waals surface area contributed by atoms with Crippen molar-refractivity contribution in [2.24, 2.45) is 4.99 Å². The molecule has 7 heteroatoms. The van der Waals surface area contributed by atoms with Crippen molar-refractivity contribution in [3.63, 3.8) is 0 Å². The summed E-state index contributed by atoms with van der Waals surface area (Å²) >= 11 is 0. The van der Waals surface area contributed by atoms with Gasteiger partial charge in [-0.2, -0.15) is 5.10 Å². The van der Waals surface area contributed by atoms with E-state index in [0.29, 0.717) is 6.54 Å². The predicted octanol–water partition coefficient (Wildman–Crippen LogP) is 2.58. The van der Waals surface area contributed by atoms with Crippen LogP contribution >= 0.6 is 0 Å². The van der Waals surface area contributed by atoms with E-state index in [1.54, 1.807) is 20.4 Å². The first-order chi connectivity index (χ1) is 13.3. The monoisotopic (exact) mass is 371 g/mol. The number of nitrogens with zero attached hydrogens (tertiary/aromatic N) is 3. The van der Waals surface area contributed by atoms with Gasteiger partial charge in [-0.25, -0.2) is 0 Å². The Kier molecular flexibility index (Phi) is 6.96. The largest absolute Gasteiger partial charge is 0.493 e. The predicted molar refractivity (Wildman–Crippen MR) is 106 cm³/mol. The van der Waals surface area contributed by atoms with Gasteiger partial charge in [-0.05, 0) is 37.8 Å². The zero-order valence-electron chi connectivity index (χ0n) is 16.1. The van der Waals surface area contributed by atoms with Gasteiger partial charge in [-0.3, -0.25) is 9.67 Å². The number of benzene rings is 1. The molecule has 0 aliphatic heterocycles. The number of nitrogens with one attached hydrogen (secondary N) is 2. The summed E-state index contributed by atoms with van der Waals surface area (Å²) in [5, 5.41) is 10.9. The van der Waals surface area contributed by atoms with Crippen LogP contribution in [-0.4, -0.2) is 42.5 Å². The molecule has 7 nitrogen and oxygen atoms in total.